The van der Waals surface area contributed by atoms with E-state index in [1.54, 1.807) is 0 Å². The number of oxime groups is 1. The largest absolute Gasteiger partial charge is 0.394 e. The van der Waals surface area contributed by atoms with E-state index in [1.807, 2.05) is 54.6 Å². The molecule has 4 rings (SSSR count). The summed E-state index contributed by atoms with van der Waals surface area (Å²) >= 11 is 0.995. The van der Waals surface area contributed by atoms with Gasteiger partial charge in [-0.05, 0) is 22.9 Å². The molecule has 0 aromatic heterocycles. The number of aliphatic hydroxyl groups is 4. The molecule has 2 heterocycles. The van der Waals surface area contributed by atoms with Crippen molar-refractivity contribution < 1.29 is 30.0 Å². The van der Waals surface area contributed by atoms with E-state index in [1.165, 1.54) is 0 Å². The van der Waals surface area contributed by atoms with Gasteiger partial charge in [0.15, 0.2) is 6.10 Å². The molecule has 0 saturated carbocycles. The number of nitrogens with zero attached hydrogens (tertiary/aromatic N) is 1. The Kier molecular flexibility index (Phi) is 4.94. The molecule has 0 unspecified atom stereocenters. The highest BCUT2D eigenvalue weighted by Crippen LogP contribution is 2.45. The smallest absolute Gasteiger partial charge is 0.320 e. The second kappa shape index (κ2) is 7.23. The first-order chi connectivity index (χ1) is 13.0. The summed E-state index contributed by atoms with van der Waals surface area (Å²) < 4.78 is 5.54. The first-order valence-electron chi connectivity index (χ1n) is 8.48. The Bertz CT molecular complexity index is 828. The molecule has 142 valence electrons. The predicted octanol–water partition coefficient (Wildman–Crippen LogP) is 0.906. The van der Waals surface area contributed by atoms with Crippen LogP contribution in [0.1, 0.15) is 5.56 Å². The molecule has 2 aliphatic heterocycles. The van der Waals surface area contributed by atoms with E-state index in [-0.39, 0.29) is 0 Å². The van der Waals surface area contributed by atoms with E-state index in [4.69, 9.17) is 9.57 Å². The van der Waals surface area contributed by atoms with Crippen molar-refractivity contribution in [2.45, 2.75) is 29.5 Å². The Morgan fingerprint density at radius 1 is 0.889 bits per heavy atom. The van der Waals surface area contributed by atoms with Gasteiger partial charge < -0.3 is 30.0 Å². The predicted molar refractivity (Wildman–Crippen MR) is 99.8 cm³/mol. The standard InChI is InChI=1S/C19H19NO6S/c21-10-14-15(22)16(23)17(24)19(25-14)26-20-18(27-19)13-8-6-12(7-9-13)11-4-2-1-3-5-11/h1-9,14-17,21-24H,10H2/t14-,15-,16+,17-,19+/m1/s1. The third-order valence-electron chi connectivity index (χ3n) is 4.65. The maximum absolute atomic E-state index is 10.3. The Hall–Kier alpha value is -1.94. The lowest BCUT2D eigenvalue weighted by Gasteiger charge is -2.43. The fourth-order valence-electron chi connectivity index (χ4n) is 3.10. The lowest BCUT2D eigenvalue weighted by Crippen LogP contribution is -2.63. The summed E-state index contributed by atoms with van der Waals surface area (Å²) in [6.07, 6.45) is -5.58. The second-order valence-electron chi connectivity index (χ2n) is 6.40. The van der Waals surface area contributed by atoms with E-state index in [9.17, 15) is 20.4 Å². The topological polar surface area (TPSA) is 112 Å². The van der Waals surface area contributed by atoms with Gasteiger partial charge in [-0.3, -0.25) is 0 Å². The van der Waals surface area contributed by atoms with Gasteiger partial charge in [0.05, 0.1) is 6.61 Å². The number of aliphatic hydroxyl groups excluding tert-OH is 4. The van der Waals surface area contributed by atoms with Gasteiger partial charge in [-0.25, -0.2) is 0 Å². The molecule has 7 nitrogen and oxygen atoms in total. The van der Waals surface area contributed by atoms with Crippen molar-refractivity contribution in [2.24, 2.45) is 5.16 Å². The summed E-state index contributed by atoms with van der Waals surface area (Å²) in [5, 5.41) is 42.4. The molecule has 5 atom stereocenters. The highest BCUT2D eigenvalue weighted by Gasteiger charge is 2.59. The molecule has 8 heteroatoms. The number of thioether (sulfide) groups is 1. The first kappa shape index (κ1) is 18.4. The minimum atomic E-state index is -1.71. The zero-order valence-electron chi connectivity index (χ0n) is 14.2. The van der Waals surface area contributed by atoms with Gasteiger partial charge in [-0.15, -0.1) is 0 Å². The number of rotatable bonds is 3. The molecule has 4 N–H and O–H groups in total. The van der Waals surface area contributed by atoms with Gasteiger partial charge in [0, 0.05) is 5.56 Å². The monoisotopic (exact) mass is 389 g/mol. The van der Waals surface area contributed by atoms with Crippen LogP contribution in [0.4, 0.5) is 0 Å². The van der Waals surface area contributed by atoms with Gasteiger partial charge in [0.1, 0.15) is 23.4 Å². The summed E-state index contributed by atoms with van der Waals surface area (Å²) in [5.74, 6) is 0. The van der Waals surface area contributed by atoms with Crippen molar-refractivity contribution >= 4 is 16.8 Å². The van der Waals surface area contributed by atoms with Crippen LogP contribution in [-0.4, -0.2) is 61.6 Å². The van der Waals surface area contributed by atoms with Crippen LogP contribution in [0.15, 0.2) is 59.8 Å². The first-order valence-corrected chi connectivity index (χ1v) is 9.29. The van der Waals surface area contributed by atoms with Crippen molar-refractivity contribution in [1.82, 2.24) is 0 Å². The Labute approximate surface area is 159 Å². The normalized spacial score (nSPS) is 33.0. The Morgan fingerprint density at radius 3 is 2.19 bits per heavy atom. The molecule has 2 aromatic carbocycles. The number of benzene rings is 2. The number of hydrogen-bond donors (Lipinski definition) is 4. The van der Waals surface area contributed by atoms with Gasteiger partial charge >= 0.3 is 5.12 Å². The zero-order chi connectivity index (χ0) is 19.0. The Morgan fingerprint density at radius 2 is 1.52 bits per heavy atom. The molecule has 0 aliphatic carbocycles. The van der Waals surface area contributed by atoms with E-state index < -0.39 is 36.1 Å². The van der Waals surface area contributed by atoms with Crippen molar-refractivity contribution in [3.05, 3.63) is 60.2 Å². The zero-order valence-corrected chi connectivity index (χ0v) is 15.0. The van der Waals surface area contributed by atoms with Crippen LogP contribution < -0.4 is 0 Å². The summed E-state index contributed by atoms with van der Waals surface area (Å²) in [6, 6.07) is 17.6. The Balaban J connectivity index is 1.54. The molecule has 1 saturated heterocycles. The molecule has 0 bridgehead atoms. The second-order valence-corrected chi connectivity index (χ2v) is 7.56. The van der Waals surface area contributed by atoms with E-state index >= 15 is 0 Å². The lowest BCUT2D eigenvalue weighted by molar-refractivity contribution is -0.318. The minimum absolute atomic E-state index is 0.467. The van der Waals surface area contributed by atoms with Crippen LogP contribution in [0, 0.1) is 0 Å². The van der Waals surface area contributed by atoms with Crippen molar-refractivity contribution in [1.29, 1.82) is 0 Å². The van der Waals surface area contributed by atoms with Crippen molar-refractivity contribution in [2.75, 3.05) is 6.61 Å². The summed E-state index contributed by atoms with van der Waals surface area (Å²) in [4.78, 5) is 5.32. The maximum atomic E-state index is 10.3. The summed E-state index contributed by atoms with van der Waals surface area (Å²) in [5.41, 5.74) is 2.90. The van der Waals surface area contributed by atoms with Gasteiger partial charge in [-0.2, -0.15) is 0 Å². The fourth-order valence-corrected chi connectivity index (χ4v) is 4.20. The fraction of sp³-hybridized carbons (Fsp3) is 0.316. The summed E-state index contributed by atoms with van der Waals surface area (Å²) in [7, 11) is 0. The SMILES string of the molecule is OC[C@H]1O[C@]2(ON=C(c3ccc(-c4ccccc4)cc3)S2)[C@H](O)[C@@H](O)[C@@H]1O. The van der Waals surface area contributed by atoms with Crippen LogP contribution >= 0.6 is 11.8 Å². The van der Waals surface area contributed by atoms with Crippen molar-refractivity contribution in [3.8, 4) is 11.1 Å². The highest BCUT2D eigenvalue weighted by molar-refractivity contribution is 8.15. The molecule has 0 amide bonds. The molecule has 1 spiro atoms. The van der Waals surface area contributed by atoms with E-state index in [2.05, 4.69) is 5.16 Å². The lowest BCUT2D eigenvalue weighted by atomic mass is 9.99. The average molecular weight is 389 g/mol. The van der Waals surface area contributed by atoms with Gasteiger partial charge in [0.2, 0.25) is 0 Å². The van der Waals surface area contributed by atoms with Crippen LogP contribution in [0.2, 0.25) is 0 Å². The molecule has 27 heavy (non-hydrogen) atoms. The van der Waals surface area contributed by atoms with Crippen molar-refractivity contribution in [3.63, 3.8) is 0 Å². The van der Waals surface area contributed by atoms with Gasteiger partial charge in [0.25, 0.3) is 0 Å². The molecule has 0 radical (unpaired) electrons. The molecule has 1 fully saturated rings. The van der Waals surface area contributed by atoms with Crippen LogP contribution in [0.5, 0.6) is 0 Å². The van der Waals surface area contributed by atoms with Gasteiger partial charge in [-0.1, -0.05) is 59.8 Å². The van der Waals surface area contributed by atoms with Crippen LogP contribution in [0.25, 0.3) is 11.1 Å². The third-order valence-corrected chi connectivity index (χ3v) is 5.85. The number of hydrogen-bond acceptors (Lipinski definition) is 8. The molecular weight excluding hydrogens is 370 g/mol. The third kappa shape index (κ3) is 3.25. The van der Waals surface area contributed by atoms with E-state index in [0.29, 0.717) is 5.04 Å². The maximum Gasteiger partial charge on any atom is 0.320 e. The molecule has 2 aliphatic rings. The van der Waals surface area contributed by atoms with Crippen LogP contribution in [-0.2, 0) is 9.57 Å². The molecule has 2 aromatic rings. The van der Waals surface area contributed by atoms with E-state index in [0.717, 1.165) is 28.5 Å². The minimum Gasteiger partial charge on any atom is -0.394 e. The average Bonchev–Trinajstić information content (AvgIpc) is 3.15. The quantitative estimate of drug-likeness (QED) is 0.617. The van der Waals surface area contributed by atoms with Crippen LogP contribution in [0.3, 0.4) is 0 Å². The summed E-state index contributed by atoms with van der Waals surface area (Å²) in [6.45, 7) is -0.530. The molecular formula is C19H19NO6S. The number of ether oxygens (including phenoxy) is 1. The highest BCUT2D eigenvalue weighted by atomic mass is 32.2.